The second-order valence-electron chi connectivity index (χ2n) is 7.90. The Morgan fingerprint density at radius 3 is 2.54 bits per heavy atom. The number of carbonyl (C=O) groups excluding carboxylic acids is 1. The summed E-state index contributed by atoms with van der Waals surface area (Å²) in [5.74, 6) is 2.48. The number of rotatable bonds is 11. The summed E-state index contributed by atoms with van der Waals surface area (Å²) < 4.78 is 22.2. The van der Waals surface area contributed by atoms with Crippen LogP contribution >= 0.6 is 0 Å². The van der Waals surface area contributed by atoms with Crippen molar-refractivity contribution in [3.63, 3.8) is 0 Å². The van der Waals surface area contributed by atoms with Crippen molar-refractivity contribution in [3.05, 3.63) is 71.0 Å². The van der Waals surface area contributed by atoms with E-state index in [9.17, 15) is 10.1 Å². The third-order valence-electron chi connectivity index (χ3n) is 5.39. The molecule has 1 N–H and O–H groups in total. The average molecular weight is 476 g/mol. The minimum absolute atomic E-state index is 0.0882. The van der Waals surface area contributed by atoms with Crippen LogP contribution in [-0.2, 0) is 4.79 Å². The first-order valence-electron chi connectivity index (χ1n) is 11.3. The maximum Gasteiger partial charge on any atom is 0.267 e. The summed E-state index contributed by atoms with van der Waals surface area (Å²) in [6.45, 7) is 6.73. The molecule has 1 heterocycles. The van der Waals surface area contributed by atoms with Gasteiger partial charge >= 0.3 is 0 Å². The van der Waals surface area contributed by atoms with E-state index in [1.807, 2.05) is 24.3 Å². The van der Waals surface area contributed by atoms with Crippen molar-refractivity contribution in [1.29, 1.82) is 5.26 Å². The Bertz CT molecular complexity index is 1230. The van der Waals surface area contributed by atoms with Gasteiger partial charge in [-0.1, -0.05) is 43.3 Å². The zero-order chi connectivity index (χ0) is 25.2. The maximum atomic E-state index is 12.4. The van der Waals surface area contributed by atoms with E-state index in [0.29, 0.717) is 42.0 Å². The molecule has 0 aliphatic carbocycles. The lowest BCUT2D eigenvalue weighted by atomic mass is 9.98. The first-order chi connectivity index (χ1) is 16.9. The molecule has 1 amide bonds. The summed E-state index contributed by atoms with van der Waals surface area (Å²) in [6.07, 6.45) is 2.49. The lowest BCUT2D eigenvalue weighted by Crippen LogP contribution is -2.13. The topological polar surface area (TPSA) is 107 Å². The highest BCUT2D eigenvalue weighted by Gasteiger charge is 2.13. The standard InChI is InChI=1S/C27H29N3O5/c1-5-18(2)22-8-6-7-9-23(22)33-12-13-34-24-11-10-20(16-25(24)32-4)15-21(17-28)27(31)29-26-14-19(3)35-30-26/h6-11,14-16,18H,5,12-13H2,1-4H3,(H,29,30,31)/b21-15-. The highest BCUT2D eigenvalue weighted by atomic mass is 16.5. The van der Waals surface area contributed by atoms with Crippen LogP contribution in [0.1, 0.15) is 43.1 Å². The van der Waals surface area contributed by atoms with E-state index in [-0.39, 0.29) is 11.4 Å². The van der Waals surface area contributed by atoms with Crippen LogP contribution in [0.2, 0.25) is 0 Å². The lowest BCUT2D eigenvalue weighted by Gasteiger charge is -2.16. The molecule has 0 radical (unpaired) electrons. The van der Waals surface area contributed by atoms with Crippen LogP contribution < -0.4 is 19.5 Å². The first-order valence-corrected chi connectivity index (χ1v) is 11.3. The van der Waals surface area contributed by atoms with E-state index in [0.717, 1.165) is 12.2 Å². The number of hydrogen-bond donors (Lipinski definition) is 1. The Balaban J connectivity index is 1.63. The Kier molecular flexibility index (Phi) is 8.90. The van der Waals surface area contributed by atoms with Crippen molar-refractivity contribution in [2.45, 2.75) is 33.1 Å². The van der Waals surface area contributed by atoms with Crippen molar-refractivity contribution in [2.24, 2.45) is 0 Å². The third-order valence-corrected chi connectivity index (χ3v) is 5.39. The van der Waals surface area contributed by atoms with E-state index in [2.05, 4.69) is 30.4 Å². The number of nitriles is 1. The largest absolute Gasteiger partial charge is 0.493 e. The van der Waals surface area contributed by atoms with E-state index >= 15 is 0 Å². The number of benzene rings is 2. The van der Waals surface area contributed by atoms with Crippen LogP contribution in [0.25, 0.3) is 6.08 Å². The zero-order valence-electron chi connectivity index (χ0n) is 20.3. The molecule has 8 heteroatoms. The van der Waals surface area contributed by atoms with Gasteiger partial charge in [-0.05, 0) is 54.7 Å². The van der Waals surface area contributed by atoms with Crippen LogP contribution in [0.15, 0.2) is 58.6 Å². The molecule has 0 fully saturated rings. The molecule has 0 spiro atoms. The Labute approximate surface area is 205 Å². The highest BCUT2D eigenvalue weighted by Crippen LogP contribution is 2.30. The molecule has 0 bridgehead atoms. The summed E-state index contributed by atoms with van der Waals surface area (Å²) in [7, 11) is 1.53. The first kappa shape index (κ1) is 25.4. The molecule has 2 aromatic carbocycles. The van der Waals surface area contributed by atoms with E-state index in [1.165, 1.54) is 18.7 Å². The van der Waals surface area contributed by atoms with Gasteiger partial charge in [-0.15, -0.1) is 0 Å². The van der Waals surface area contributed by atoms with Gasteiger partial charge in [-0.3, -0.25) is 4.79 Å². The monoisotopic (exact) mass is 475 g/mol. The van der Waals surface area contributed by atoms with Gasteiger partial charge in [0.25, 0.3) is 5.91 Å². The van der Waals surface area contributed by atoms with Gasteiger partial charge in [0.05, 0.1) is 7.11 Å². The Morgan fingerprint density at radius 1 is 1.14 bits per heavy atom. The van der Waals surface area contributed by atoms with Gasteiger partial charge in [0, 0.05) is 6.07 Å². The molecule has 3 aromatic rings. The number of carbonyl (C=O) groups is 1. The Morgan fingerprint density at radius 2 is 1.89 bits per heavy atom. The van der Waals surface area contributed by atoms with Crippen LogP contribution in [0.3, 0.4) is 0 Å². The molecule has 3 rings (SSSR count). The number of methoxy groups -OCH3 is 1. The van der Waals surface area contributed by atoms with Crippen LogP contribution in [0.4, 0.5) is 5.82 Å². The SMILES string of the molecule is CCC(C)c1ccccc1OCCOc1ccc(/C=C(/C#N)C(=O)Nc2cc(C)on2)cc1OC. The summed E-state index contributed by atoms with van der Waals surface area (Å²) in [6, 6.07) is 16.7. The number of aryl methyl sites for hydroxylation is 1. The minimum atomic E-state index is -0.588. The van der Waals surface area contributed by atoms with Crippen LogP contribution in [-0.4, -0.2) is 31.4 Å². The third kappa shape index (κ3) is 6.87. The van der Waals surface area contributed by atoms with Crippen molar-refractivity contribution in [1.82, 2.24) is 5.16 Å². The molecular formula is C27H29N3O5. The molecule has 182 valence electrons. The predicted octanol–water partition coefficient (Wildman–Crippen LogP) is 5.51. The molecular weight excluding hydrogens is 446 g/mol. The van der Waals surface area contributed by atoms with Gasteiger partial charge < -0.3 is 24.1 Å². The number of para-hydroxylation sites is 1. The van der Waals surface area contributed by atoms with Gasteiger partial charge in [0.15, 0.2) is 17.3 Å². The summed E-state index contributed by atoms with van der Waals surface area (Å²) >= 11 is 0. The van der Waals surface area contributed by atoms with Gasteiger partial charge in [0.2, 0.25) is 0 Å². The molecule has 0 saturated carbocycles. The number of ether oxygens (including phenoxy) is 3. The molecule has 0 aliphatic heterocycles. The second-order valence-corrected chi connectivity index (χ2v) is 7.90. The molecule has 1 unspecified atom stereocenters. The molecule has 1 aromatic heterocycles. The van der Waals surface area contributed by atoms with Crippen molar-refractivity contribution in [2.75, 3.05) is 25.6 Å². The van der Waals surface area contributed by atoms with Crippen LogP contribution in [0.5, 0.6) is 17.2 Å². The normalized spacial score (nSPS) is 11.9. The lowest BCUT2D eigenvalue weighted by molar-refractivity contribution is -0.112. The molecule has 0 aliphatic rings. The van der Waals surface area contributed by atoms with Crippen molar-refractivity contribution < 1.29 is 23.5 Å². The van der Waals surface area contributed by atoms with Crippen molar-refractivity contribution in [3.8, 4) is 23.3 Å². The number of anilines is 1. The average Bonchev–Trinajstić information content (AvgIpc) is 3.29. The van der Waals surface area contributed by atoms with Gasteiger partial charge in [-0.25, -0.2) is 0 Å². The fraction of sp³-hybridized carbons (Fsp3) is 0.296. The number of hydrogen-bond acceptors (Lipinski definition) is 7. The van der Waals surface area contributed by atoms with E-state index < -0.39 is 5.91 Å². The quantitative estimate of drug-likeness (QED) is 0.221. The Hall–Kier alpha value is -4.25. The molecule has 1 atom stereocenters. The molecule has 0 saturated heterocycles. The number of nitrogens with zero attached hydrogens (tertiary/aromatic N) is 2. The summed E-state index contributed by atoms with van der Waals surface area (Å²) in [5, 5.41) is 15.7. The van der Waals surface area contributed by atoms with E-state index in [4.69, 9.17) is 18.7 Å². The number of amides is 1. The minimum Gasteiger partial charge on any atom is -0.493 e. The van der Waals surface area contributed by atoms with Crippen LogP contribution in [0, 0.1) is 18.3 Å². The number of aromatic nitrogens is 1. The summed E-state index contributed by atoms with van der Waals surface area (Å²) in [4.78, 5) is 12.4. The molecule has 8 nitrogen and oxygen atoms in total. The van der Waals surface area contributed by atoms with Gasteiger partial charge in [-0.2, -0.15) is 5.26 Å². The zero-order valence-corrected chi connectivity index (χ0v) is 20.3. The predicted molar refractivity (Wildman–Crippen MR) is 133 cm³/mol. The smallest absolute Gasteiger partial charge is 0.267 e. The fourth-order valence-corrected chi connectivity index (χ4v) is 3.36. The maximum absolute atomic E-state index is 12.4. The number of nitrogens with one attached hydrogen (secondary N) is 1. The second kappa shape index (κ2) is 12.3. The van der Waals surface area contributed by atoms with E-state index in [1.54, 1.807) is 31.2 Å². The molecule has 35 heavy (non-hydrogen) atoms. The van der Waals surface area contributed by atoms with Gasteiger partial charge in [0.1, 0.15) is 36.4 Å². The highest BCUT2D eigenvalue weighted by molar-refractivity contribution is 6.09. The fourth-order valence-electron chi connectivity index (χ4n) is 3.36. The van der Waals surface area contributed by atoms with Crippen molar-refractivity contribution >= 4 is 17.8 Å². The summed E-state index contributed by atoms with van der Waals surface area (Å²) in [5.41, 5.74) is 1.70.